The summed E-state index contributed by atoms with van der Waals surface area (Å²) in [5.74, 6) is -0.0910. The number of hydrogen-bond donors (Lipinski definition) is 0. The minimum Gasteiger partial charge on any atom is -0.268 e. The molecule has 0 radical (unpaired) electrons. The lowest BCUT2D eigenvalue weighted by Gasteiger charge is -2.14. The molecular weight excluding hydrogens is 358 g/mol. The molecule has 0 N–H and O–H groups in total. The van der Waals surface area contributed by atoms with Gasteiger partial charge in [0.15, 0.2) is 4.32 Å². The van der Waals surface area contributed by atoms with Crippen LogP contribution in [0.4, 0.5) is 5.69 Å². The number of hydrogen-bond acceptors (Lipinski definition) is 3. The number of thioether (sulfide) groups is 1. The topological polar surface area (TPSA) is 20.3 Å². The van der Waals surface area contributed by atoms with Gasteiger partial charge in [-0.2, -0.15) is 0 Å². The second-order valence-electron chi connectivity index (χ2n) is 5.81. The van der Waals surface area contributed by atoms with E-state index in [9.17, 15) is 4.79 Å². The van der Waals surface area contributed by atoms with Crippen LogP contribution < -0.4 is 4.90 Å². The average molecular weight is 374 g/mol. The molecule has 2 aromatic carbocycles. The number of nitrogens with zero attached hydrogens (tertiary/aromatic N) is 1. The first-order chi connectivity index (χ1) is 11.4. The summed E-state index contributed by atoms with van der Waals surface area (Å²) in [4.78, 5) is 15.0. The van der Waals surface area contributed by atoms with E-state index in [0.717, 1.165) is 22.4 Å². The molecule has 3 rings (SSSR count). The minimum absolute atomic E-state index is 0.0910. The summed E-state index contributed by atoms with van der Waals surface area (Å²) in [6.45, 7) is 6.20. The van der Waals surface area contributed by atoms with E-state index in [1.54, 1.807) is 29.2 Å². The van der Waals surface area contributed by atoms with Crippen molar-refractivity contribution in [1.82, 2.24) is 0 Å². The first-order valence-corrected chi connectivity index (χ1v) is 9.08. The Bertz CT molecular complexity index is 848. The minimum atomic E-state index is -0.0910. The molecule has 2 nitrogen and oxygen atoms in total. The number of rotatable bonds is 2. The van der Waals surface area contributed by atoms with Crippen LogP contribution in [0.5, 0.6) is 0 Å². The van der Waals surface area contributed by atoms with E-state index in [2.05, 4.69) is 32.9 Å². The number of amides is 1. The van der Waals surface area contributed by atoms with Gasteiger partial charge in [-0.3, -0.25) is 9.69 Å². The fourth-order valence-electron chi connectivity index (χ4n) is 2.83. The first-order valence-electron chi connectivity index (χ1n) is 7.48. The van der Waals surface area contributed by atoms with Gasteiger partial charge >= 0.3 is 0 Å². The molecule has 1 aliphatic heterocycles. The van der Waals surface area contributed by atoms with Crippen molar-refractivity contribution in [3.8, 4) is 0 Å². The van der Waals surface area contributed by atoms with Crippen molar-refractivity contribution in [3.63, 3.8) is 0 Å². The molecule has 24 heavy (non-hydrogen) atoms. The number of carbonyl (C=O) groups excluding carboxylic acids is 1. The monoisotopic (exact) mass is 373 g/mol. The molecule has 0 atom stereocenters. The largest absolute Gasteiger partial charge is 0.270 e. The molecule has 0 aromatic heterocycles. The van der Waals surface area contributed by atoms with E-state index >= 15 is 0 Å². The molecule has 1 aliphatic rings. The molecule has 0 aliphatic carbocycles. The second-order valence-corrected chi connectivity index (χ2v) is 7.92. The van der Waals surface area contributed by atoms with Gasteiger partial charge in [0.05, 0.1) is 10.6 Å². The van der Waals surface area contributed by atoms with Gasteiger partial charge in [-0.25, -0.2) is 0 Å². The lowest BCUT2D eigenvalue weighted by Crippen LogP contribution is -2.27. The van der Waals surface area contributed by atoms with Gasteiger partial charge in [0, 0.05) is 5.02 Å². The third kappa shape index (κ3) is 3.27. The smallest absolute Gasteiger partial charge is 0.268 e. The van der Waals surface area contributed by atoms with Crippen LogP contribution in [0.1, 0.15) is 22.3 Å². The molecule has 0 unspecified atom stereocenters. The number of aryl methyl sites for hydroxylation is 3. The Morgan fingerprint density at radius 2 is 1.67 bits per heavy atom. The molecular formula is C19H16ClNOS2. The maximum atomic E-state index is 12.8. The van der Waals surface area contributed by atoms with Crippen molar-refractivity contribution in [2.24, 2.45) is 0 Å². The van der Waals surface area contributed by atoms with E-state index < -0.39 is 0 Å². The van der Waals surface area contributed by atoms with E-state index in [-0.39, 0.29) is 5.91 Å². The fourth-order valence-corrected chi connectivity index (χ4v) is 4.24. The zero-order chi connectivity index (χ0) is 17.4. The Hall–Kier alpha value is -1.62. The normalized spacial score (nSPS) is 16.3. The number of anilines is 1. The highest BCUT2D eigenvalue weighted by molar-refractivity contribution is 8.27. The Morgan fingerprint density at radius 3 is 2.25 bits per heavy atom. The number of halogens is 1. The van der Waals surface area contributed by atoms with Crippen LogP contribution in [0.25, 0.3) is 6.08 Å². The molecule has 5 heteroatoms. The number of carbonyl (C=O) groups is 1. The van der Waals surface area contributed by atoms with Crippen molar-refractivity contribution in [1.29, 1.82) is 0 Å². The molecule has 1 amide bonds. The van der Waals surface area contributed by atoms with Crippen LogP contribution in [-0.2, 0) is 4.79 Å². The molecule has 1 saturated heterocycles. The maximum Gasteiger partial charge on any atom is 0.270 e. The number of thiocarbonyl (C=S) groups is 1. The van der Waals surface area contributed by atoms with Gasteiger partial charge in [-0.1, -0.05) is 53.3 Å². The third-order valence-corrected chi connectivity index (χ3v) is 5.45. The maximum absolute atomic E-state index is 12.8. The van der Waals surface area contributed by atoms with E-state index in [4.69, 9.17) is 23.8 Å². The van der Waals surface area contributed by atoms with Gasteiger partial charge < -0.3 is 0 Å². The van der Waals surface area contributed by atoms with Gasteiger partial charge in [0.2, 0.25) is 0 Å². The highest BCUT2D eigenvalue weighted by atomic mass is 35.5. The highest BCUT2D eigenvalue weighted by Crippen LogP contribution is 2.37. The fraction of sp³-hybridized carbons (Fsp3) is 0.158. The zero-order valence-electron chi connectivity index (χ0n) is 13.6. The van der Waals surface area contributed by atoms with Crippen molar-refractivity contribution in [2.45, 2.75) is 20.8 Å². The quantitative estimate of drug-likeness (QED) is 0.499. The molecule has 1 fully saturated rings. The van der Waals surface area contributed by atoms with Gasteiger partial charge in [-0.15, -0.1) is 0 Å². The van der Waals surface area contributed by atoms with Gasteiger partial charge in [0.25, 0.3) is 5.91 Å². The third-order valence-electron chi connectivity index (χ3n) is 3.89. The van der Waals surface area contributed by atoms with Crippen molar-refractivity contribution >= 4 is 57.6 Å². The van der Waals surface area contributed by atoms with Crippen molar-refractivity contribution in [2.75, 3.05) is 4.90 Å². The van der Waals surface area contributed by atoms with Gasteiger partial charge in [0.1, 0.15) is 0 Å². The molecule has 122 valence electrons. The lowest BCUT2D eigenvalue weighted by atomic mass is 9.99. The molecule has 0 saturated carbocycles. The number of benzene rings is 2. The van der Waals surface area contributed by atoms with Crippen LogP contribution in [0.2, 0.25) is 5.02 Å². The second kappa shape index (κ2) is 6.71. The summed E-state index contributed by atoms with van der Waals surface area (Å²) in [5.41, 5.74) is 5.35. The van der Waals surface area contributed by atoms with Crippen molar-refractivity contribution < 1.29 is 4.79 Å². The Morgan fingerprint density at radius 1 is 1.08 bits per heavy atom. The Labute approximate surface area is 156 Å². The van der Waals surface area contributed by atoms with Crippen LogP contribution in [0, 0.1) is 20.8 Å². The van der Waals surface area contributed by atoms with E-state index in [1.807, 2.05) is 6.08 Å². The predicted octanol–water partition coefficient (Wildman–Crippen LogP) is 5.67. The van der Waals surface area contributed by atoms with E-state index in [1.165, 1.54) is 17.3 Å². The van der Waals surface area contributed by atoms with Crippen LogP contribution in [-0.4, -0.2) is 10.2 Å². The molecule has 2 aromatic rings. The summed E-state index contributed by atoms with van der Waals surface area (Å²) in [7, 11) is 0. The molecule has 0 spiro atoms. The SMILES string of the molecule is Cc1cc(C)c(/C=C2\SC(=S)N(c3ccc(Cl)cc3)C2=O)c(C)c1. The highest BCUT2D eigenvalue weighted by Gasteiger charge is 2.33. The van der Waals surface area contributed by atoms with Crippen LogP contribution in [0.3, 0.4) is 0 Å². The van der Waals surface area contributed by atoms with Gasteiger partial charge in [-0.05, 0) is 67.8 Å². The first kappa shape index (κ1) is 17.2. The Balaban J connectivity index is 1.99. The summed E-state index contributed by atoms with van der Waals surface area (Å²) >= 11 is 12.7. The zero-order valence-corrected chi connectivity index (χ0v) is 16.0. The Kier molecular flexibility index (Phi) is 4.81. The molecule has 0 bridgehead atoms. The molecule has 1 heterocycles. The summed E-state index contributed by atoms with van der Waals surface area (Å²) < 4.78 is 0.538. The summed E-state index contributed by atoms with van der Waals surface area (Å²) in [6.07, 6.45) is 1.94. The van der Waals surface area contributed by atoms with E-state index in [0.29, 0.717) is 14.2 Å². The lowest BCUT2D eigenvalue weighted by molar-refractivity contribution is -0.113. The predicted molar refractivity (Wildman–Crippen MR) is 108 cm³/mol. The van der Waals surface area contributed by atoms with Crippen LogP contribution in [0.15, 0.2) is 41.3 Å². The summed E-state index contributed by atoms with van der Waals surface area (Å²) in [5, 5.41) is 0.630. The van der Waals surface area contributed by atoms with Crippen molar-refractivity contribution in [3.05, 3.63) is 68.6 Å². The van der Waals surface area contributed by atoms with Crippen LogP contribution >= 0.6 is 35.6 Å². The summed E-state index contributed by atoms with van der Waals surface area (Å²) in [6, 6.07) is 11.4. The average Bonchev–Trinajstić information content (AvgIpc) is 2.78. The standard InChI is InChI=1S/C19H16ClNOS2/c1-11-8-12(2)16(13(3)9-11)10-17-18(22)21(19(23)24-17)15-6-4-14(20)5-7-15/h4-10H,1-3H3/b17-10-.